The van der Waals surface area contributed by atoms with E-state index in [1.807, 2.05) is 24.6 Å². The van der Waals surface area contributed by atoms with Crippen LogP contribution in [0.15, 0.2) is 29.8 Å². The van der Waals surface area contributed by atoms with Crippen molar-refractivity contribution in [3.63, 3.8) is 0 Å². The van der Waals surface area contributed by atoms with Crippen LogP contribution in [0.2, 0.25) is 0 Å². The van der Waals surface area contributed by atoms with Gasteiger partial charge in [0.25, 0.3) is 0 Å². The van der Waals surface area contributed by atoms with E-state index >= 15 is 0 Å². The molecule has 7 heteroatoms. The van der Waals surface area contributed by atoms with Crippen molar-refractivity contribution in [2.75, 3.05) is 32.7 Å². The molecule has 1 unspecified atom stereocenters. The number of nitrogens with zero attached hydrogens (tertiary/aromatic N) is 6. The molecule has 0 saturated carbocycles. The van der Waals surface area contributed by atoms with Gasteiger partial charge in [-0.2, -0.15) is 0 Å². The smallest absolute Gasteiger partial charge is 0.194 e. The van der Waals surface area contributed by atoms with Crippen LogP contribution in [-0.4, -0.2) is 69.3 Å². The molecule has 1 aromatic rings. The Bertz CT molecular complexity index is 623. The SMILES string of the molecule is C=CCNC(=NCc1nnc(C)n1C)N1CCC(N2CC=CC2)C1. The molecule has 7 nitrogen and oxygen atoms in total. The first-order chi connectivity index (χ1) is 11.7. The second-order valence-corrected chi connectivity index (χ2v) is 6.35. The van der Waals surface area contributed by atoms with E-state index < -0.39 is 0 Å². The van der Waals surface area contributed by atoms with Crippen molar-refractivity contribution < 1.29 is 0 Å². The topological polar surface area (TPSA) is 61.6 Å². The van der Waals surface area contributed by atoms with Gasteiger partial charge in [0.1, 0.15) is 12.4 Å². The molecule has 3 heterocycles. The van der Waals surface area contributed by atoms with Crippen molar-refractivity contribution in [2.45, 2.75) is 25.9 Å². The lowest BCUT2D eigenvalue weighted by Crippen LogP contribution is -2.43. The minimum Gasteiger partial charge on any atom is -0.353 e. The average molecular weight is 329 g/mol. The molecule has 24 heavy (non-hydrogen) atoms. The third kappa shape index (κ3) is 3.67. The zero-order chi connectivity index (χ0) is 16.9. The van der Waals surface area contributed by atoms with Crippen LogP contribution in [0, 0.1) is 6.92 Å². The first-order valence-electron chi connectivity index (χ1n) is 8.57. The van der Waals surface area contributed by atoms with Crippen LogP contribution in [-0.2, 0) is 13.6 Å². The maximum atomic E-state index is 4.77. The van der Waals surface area contributed by atoms with Crippen molar-refractivity contribution >= 4 is 5.96 Å². The first kappa shape index (κ1) is 16.7. The van der Waals surface area contributed by atoms with Crippen LogP contribution in [0.3, 0.4) is 0 Å². The molecule has 2 aliphatic rings. The fourth-order valence-electron chi connectivity index (χ4n) is 3.19. The van der Waals surface area contributed by atoms with E-state index in [2.05, 4.69) is 44.0 Å². The van der Waals surface area contributed by atoms with Gasteiger partial charge in [-0.15, -0.1) is 16.8 Å². The fourth-order valence-corrected chi connectivity index (χ4v) is 3.19. The Labute approximate surface area is 143 Å². The molecule has 0 aliphatic carbocycles. The van der Waals surface area contributed by atoms with Crippen molar-refractivity contribution in [2.24, 2.45) is 12.0 Å². The maximum Gasteiger partial charge on any atom is 0.194 e. The molecule has 2 aliphatic heterocycles. The monoisotopic (exact) mass is 329 g/mol. The van der Waals surface area contributed by atoms with Gasteiger partial charge >= 0.3 is 0 Å². The molecular formula is C17H27N7. The number of aliphatic imine (C=N–C) groups is 1. The van der Waals surface area contributed by atoms with Gasteiger partial charge in [-0.1, -0.05) is 18.2 Å². The summed E-state index contributed by atoms with van der Waals surface area (Å²) in [7, 11) is 1.98. The molecule has 1 atom stereocenters. The van der Waals surface area contributed by atoms with E-state index in [9.17, 15) is 0 Å². The van der Waals surface area contributed by atoms with Gasteiger partial charge in [0.05, 0.1) is 0 Å². The van der Waals surface area contributed by atoms with Gasteiger partial charge in [-0.3, -0.25) is 4.90 Å². The molecular weight excluding hydrogens is 302 g/mol. The Balaban J connectivity index is 1.65. The van der Waals surface area contributed by atoms with Crippen molar-refractivity contribution in [3.05, 3.63) is 36.5 Å². The van der Waals surface area contributed by atoms with Crippen LogP contribution >= 0.6 is 0 Å². The van der Waals surface area contributed by atoms with Gasteiger partial charge in [-0.25, -0.2) is 4.99 Å². The quantitative estimate of drug-likeness (QED) is 0.489. The highest BCUT2D eigenvalue weighted by molar-refractivity contribution is 5.80. The summed E-state index contributed by atoms with van der Waals surface area (Å²) in [6.45, 7) is 11.2. The molecule has 0 bridgehead atoms. The molecule has 0 spiro atoms. The fraction of sp³-hybridized carbons (Fsp3) is 0.588. The highest BCUT2D eigenvalue weighted by atomic mass is 15.3. The van der Waals surface area contributed by atoms with E-state index in [4.69, 9.17) is 4.99 Å². The third-order valence-corrected chi connectivity index (χ3v) is 4.78. The van der Waals surface area contributed by atoms with E-state index in [-0.39, 0.29) is 0 Å². The van der Waals surface area contributed by atoms with E-state index in [0.29, 0.717) is 19.1 Å². The molecule has 0 radical (unpaired) electrons. The van der Waals surface area contributed by atoms with Gasteiger partial charge in [0.2, 0.25) is 0 Å². The molecule has 0 aromatic carbocycles. The summed E-state index contributed by atoms with van der Waals surface area (Å²) in [5, 5.41) is 11.7. The summed E-state index contributed by atoms with van der Waals surface area (Å²) in [5.41, 5.74) is 0. The number of hydrogen-bond donors (Lipinski definition) is 1. The second kappa shape index (κ2) is 7.61. The van der Waals surface area contributed by atoms with Gasteiger partial charge in [0.15, 0.2) is 11.8 Å². The van der Waals surface area contributed by atoms with Crippen LogP contribution in [0.25, 0.3) is 0 Å². The molecule has 1 N–H and O–H groups in total. The van der Waals surface area contributed by atoms with E-state index in [1.165, 1.54) is 6.42 Å². The minimum atomic E-state index is 0.531. The Morgan fingerprint density at radius 3 is 2.88 bits per heavy atom. The number of rotatable bonds is 5. The number of aromatic nitrogens is 3. The Kier molecular flexibility index (Phi) is 5.30. The zero-order valence-corrected chi connectivity index (χ0v) is 14.6. The van der Waals surface area contributed by atoms with Crippen molar-refractivity contribution in [1.82, 2.24) is 29.9 Å². The second-order valence-electron chi connectivity index (χ2n) is 6.35. The van der Waals surface area contributed by atoms with Gasteiger partial charge < -0.3 is 14.8 Å². The molecule has 0 amide bonds. The van der Waals surface area contributed by atoms with Crippen LogP contribution in [0.1, 0.15) is 18.1 Å². The predicted molar refractivity (Wildman–Crippen MR) is 95.8 cm³/mol. The lowest BCUT2D eigenvalue weighted by molar-refractivity contribution is 0.259. The van der Waals surface area contributed by atoms with Crippen molar-refractivity contribution in [3.8, 4) is 0 Å². The van der Waals surface area contributed by atoms with Crippen LogP contribution in [0.5, 0.6) is 0 Å². The lowest BCUT2D eigenvalue weighted by atomic mass is 10.2. The van der Waals surface area contributed by atoms with Crippen molar-refractivity contribution in [1.29, 1.82) is 0 Å². The summed E-state index contributed by atoms with van der Waals surface area (Å²) in [6, 6.07) is 0.604. The normalized spacial score (nSPS) is 21.7. The predicted octanol–water partition coefficient (Wildman–Crippen LogP) is 0.701. The molecule has 1 aromatic heterocycles. The largest absolute Gasteiger partial charge is 0.353 e. The molecule has 1 fully saturated rings. The lowest BCUT2D eigenvalue weighted by Gasteiger charge is -2.25. The Hall–Kier alpha value is -2.15. The average Bonchev–Trinajstić information content (AvgIpc) is 3.31. The number of nitrogens with one attached hydrogen (secondary N) is 1. The van der Waals surface area contributed by atoms with E-state index in [1.54, 1.807) is 0 Å². The van der Waals surface area contributed by atoms with Crippen LogP contribution < -0.4 is 5.32 Å². The Morgan fingerprint density at radius 1 is 1.42 bits per heavy atom. The standard InChI is InChI=1S/C17H27N7/c1-4-8-18-17(19-12-16-21-20-14(2)22(16)3)24-11-7-15(13-24)23-9-5-6-10-23/h4-6,15H,1,7-13H2,2-3H3,(H,18,19). The first-order valence-corrected chi connectivity index (χ1v) is 8.57. The minimum absolute atomic E-state index is 0.531. The zero-order valence-electron chi connectivity index (χ0n) is 14.6. The maximum absolute atomic E-state index is 4.77. The summed E-state index contributed by atoms with van der Waals surface area (Å²) in [4.78, 5) is 9.64. The molecule has 3 rings (SSSR count). The summed E-state index contributed by atoms with van der Waals surface area (Å²) >= 11 is 0. The van der Waals surface area contributed by atoms with Gasteiger partial charge in [0, 0.05) is 45.8 Å². The summed E-state index contributed by atoms with van der Waals surface area (Å²) < 4.78 is 1.98. The number of aryl methyl sites for hydroxylation is 1. The number of likely N-dealkylation sites (tertiary alicyclic amines) is 1. The highest BCUT2D eigenvalue weighted by Gasteiger charge is 2.29. The third-order valence-electron chi connectivity index (χ3n) is 4.78. The number of hydrogen-bond acceptors (Lipinski definition) is 4. The molecule has 130 valence electrons. The highest BCUT2D eigenvalue weighted by Crippen LogP contribution is 2.18. The summed E-state index contributed by atoms with van der Waals surface area (Å²) in [5.74, 6) is 2.72. The van der Waals surface area contributed by atoms with E-state index in [0.717, 1.165) is 43.8 Å². The summed E-state index contributed by atoms with van der Waals surface area (Å²) in [6.07, 6.45) is 7.55. The Morgan fingerprint density at radius 2 is 2.21 bits per heavy atom. The van der Waals surface area contributed by atoms with Crippen LogP contribution in [0.4, 0.5) is 0 Å². The van der Waals surface area contributed by atoms with Gasteiger partial charge in [-0.05, 0) is 13.3 Å². The number of guanidine groups is 1. The molecule has 1 saturated heterocycles.